The van der Waals surface area contributed by atoms with Crippen molar-refractivity contribution in [1.29, 1.82) is 0 Å². The third-order valence-electron chi connectivity index (χ3n) is 3.55. The summed E-state index contributed by atoms with van der Waals surface area (Å²) in [5.74, 6) is -0.850. The van der Waals surface area contributed by atoms with Crippen LogP contribution in [0.25, 0.3) is 0 Å². The molecular weight excluding hydrogens is 360 g/mol. The first-order valence-electron chi connectivity index (χ1n) is 7.67. The summed E-state index contributed by atoms with van der Waals surface area (Å²) >= 11 is 0. The van der Waals surface area contributed by atoms with Gasteiger partial charge in [-0.25, -0.2) is 8.42 Å². The zero-order valence-electron chi connectivity index (χ0n) is 14.0. The quantitative estimate of drug-likeness (QED) is 0.557. The second kappa shape index (κ2) is 8.43. The number of carbonyl (C=O) groups excluding carboxylic acids is 1. The van der Waals surface area contributed by atoms with Crippen molar-refractivity contribution < 1.29 is 22.9 Å². The number of benzene rings is 2. The highest BCUT2D eigenvalue weighted by molar-refractivity contribution is 7.90. The number of nitro groups is 1. The summed E-state index contributed by atoms with van der Waals surface area (Å²) in [6, 6.07) is 12.6. The molecule has 26 heavy (non-hydrogen) atoms. The smallest absolute Gasteiger partial charge is 0.296 e. The largest absolute Gasteiger partial charge is 0.496 e. The first-order valence-corrected chi connectivity index (χ1v) is 9.49. The third-order valence-corrected chi connectivity index (χ3v) is 5.14. The molecule has 0 aliphatic rings. The summed E-state index contributed by atoms with van der Waals surface area (Å²) in [4.78, 5) is 22.5. The normalized spacial score (nSPS) is 11.0. The molecule has 0 atom stereocenters. The molecule has 0 radical (unpaired) electrons. The van der Waals surface area contributed by atoms with Crippen molar-refractivity contribution in [2.75, 3.05) is 18.2 Å². The number of sulfone groups is 1. The van der Waals surface area contributed by atoms with Gasteiger partial charge in [0.25, 0.3) is 5.69 Å². The molecule has 2 rings (SSSR count). The van der Waals surface area contributed by atoms with Gasteiger partial charge in [0.05, 0.1) is 29.6 Å². The van der Waals surface area contributed by atoms with Gasteiger partial charge >= 0.3 is 0 Å². The van der Waals surface area contributed by atoms with Gasteiger partial charge in [-0.1, -0.05) is 30.3 Å². The minimum Gasteiger partial charge on any atom is -0.496 e. The van der Waals surface area contributed by atoms with Crippen LogP contribution in [0.15, 0.2) is 48.5 Å². The third kappa shape index (κ3) is 5.55. The molecule has 0 aromatic heterocycles. The molecule has 1 amide bonds. The number of nitro benzene ring substituents is 1. The van der Waals surface area contributed by atoms with E-state index in [4.69, 9.17) is 4.74 Å². The lowest BCUT2D eigenvalue weighted by Gasteiger charge is -2.08. The van der Waals surface area contributed by atoms with Gasteiger partial charge in [0.1, 0.15) is 11.4 Å². The van der Waals surface area contributed by atoms with Gasteiger partial charge in [-0.15, -0.1) is 0 Å². The van der Waals surface area contributed by atoms with Crippen LogP contribution in [0.5, 0.6) is 5.75 Å². The Labute approximate surface area is 150 Å². The van der Waals surface area contributed by atoms with E-state index in [0.717, 1.165) is 0 Å². The van der Waals surface area contributed by atoms with Gasteiger partial charge in [0, 0.05) is 6.42 Å². The Hall–Kier alpha value is -2.94. The molecular formula is C17H18N2O6S. The molecule has 2 aromatic rings. The van der Waals surface area contributed by atoms with Crippen molar-refractivity contribution in [3.8, 4) is 5.75 Å². The van der Waals surface area contributed by atoms with Gasteiger partial charge in [-0.3, -0.25) is 14.9 Å². The number of amides is 1. The number of nitrogens with zero attached hydrogens (tertiary/aromatic N) is 1. The molecule has 0 saturated carbocycles. The first kappa shape index (κ1) is 19.4. The molecule has 0 bridgehead atoms. The van der Waals surface area contributed by atoms with E-state index in [2.05, 4.69) is 5.32 Å². The molecule has 0 fully saturated rings. The SMILES string of the molecule is COc1ccc(NC(=O)CCS(=O)(=O)Cc2ccccc2)c([N+](=O)[O-])c1. The highest BCUT2D eigenvalue weighted by atomic mass is 32.2. The molecule has 0 aliphatic carbocycles. The van der Waals surface area contributed by atoms with E-state index < -0.39 is 20.7 Å². The average Bonchev–Trinajstić information content (AvgIpc) is 2.61. The van der Waals surface area contributed by atoms with Crippen molar-refractivity contribution >= 4 is 27.1 Å². The summed E-state index contributed by atoms with van der Waals surface area (Å²) in [5, 5.41) is 13.5. The molecule has 138 valence electrons. The van der Waals surface area contributed by atoms with E-state index in [1.54, 1.807) is 30.3 Å². The van der Waals surface area contributed by atoms with Gasteiger partial charge < -0.3 is 10.1 Å². The van der Waals surface area contributed by atoms with E-state index in [1.165, 1.54) is 25.3 Å². The minimum absolute atomic E-state index is 0.0127. The lowest BCUT2D eigenvalue weighted by molar-refractivity contribution is -0.384. The molecule has 0 unspecified atom stereocenters. The van der Waals surface area contributed by atoms with Crippen LogP contribution >= 0.6 is 0 Å². The maximum Gasteiger partial charge on any atom is 0.296 e. The van der Waals surface area contributed by atoms with Crippen LogP contribution in [0.1, 0.15) is 12.0 Å². The van der Waals surface area contributed by atoms with Crippen LogP contribution in [-0.2, 0) is 20.4 Å². The molecule has 2 aromatic carbocycles. The van der Waals surface area contributed by atoms with Crippen molar-refractivity contribution in [3.63, 3.8) is 0 Å². The average molecular weight is 378 g/mol. The highest BCUT2D eigenvalue weighted by Gasteiger charge is 2.19. The maximum absolute atomic E-state index is 12.1. The van der Waals surface area contributed by atoms with Crippen LogP contribution < -0.4 is 10.1 Å². The van der Waals surface area contributed by atoms with E-state index in [9.17, 15) is 23.3 Å². The standard InChI is InChI=1S/C17H18N2O6S/c1-25-14-7-8-15(16(11-14)19(21)22)18-17(20)9-10-26(23,24)12-13-5-3-2-4-6-13/h2-8,11H,9-10,12H2,1H3,(H,18,20). The fourth-order valence-corrected chi connectivity index (χ4v) is 3.60. The van der Waals surface area contributed by atoms with Crippen molar-refractivity contribution in [3.05, 3.63) is 64.2 Å². The van der Waals surface area contributed by atoms with Crippen molar-refractivity contribution in [2.45, 2.75) is 12.2 Å². The number of hydrogen-bond donors (Lipinski definition) is 1. The number of carbonyl (C=O) groups is 1. The van der Waals surface area contributed by atoms with E-state index >= 15 is 0 Å². The highest BCUT2D eigenvalue weighted by Crippen LogP contribution is 2.29. The second-order valence-corrected chi connectivity index (χ2v) is 7.70. The monoisotopic (exact) mass is 378 g/mol. The molecule has 0 saturated heterocycles. The number of methoxy groups -OCH3 is 1. The summed E-state index contributed by atoms with van der Waals surface area (Å²) in [6.07, 6.45) is -0.293. The Morgan fingerprint density at radius 1 is 1.19 bits per heavy atom. The van der Waals surface area contributed by atoms with Crippen LogP contribution in [0.3, 0.4) is 0 Å². The van der Waals surface area contributed by atoms with Gasteiger partial charge in [-0.05, 0) is 17.7 Å². The number of rotatable bonds is 8. The number of anilines is 1. The molecule has 1 N–H and O–H groups in total. The lowest BCUT2D eigenvalue weighted by Crippen LogP contribution is -2.18. The van der Waals surface area contributed by atoms with Gasteiger partial charge in [0.15, 0.2) is 9.84 Å². The molecule has 0 spiro atoms. The molecule has 0 aliphatic heterocycles. The summed E-state index contributed by atoms with van der Waals surface area (Å²) < 4.78 is 29.1. The van der Waals surface area contributed by atoms with Crippen molar-refractivity contribution in [2.24, 2.45) is 0 Å². The Morgan fingerprint density at radius 2 is 1.88 bits per heavy atom. The van der Waals surface area contributed by atoms with E-state index in [1.807, 2.05) is 0 Å². The molecule has 8 nitrogen and oxygen atoms in total. The number of ether oxygens (including phenoxy) is 1. The topological polar surface area (TPSA) is 116 Å². The van der Waals surface area contributed by atoms with Crippen LogP contribution in [-0.4, -0.2) is 32.1 Å². The Balaban J connectivity index is 2.00. The predicted octanol–water partition coefficient (Wildman–Crippen LogP) is 2.55. The molecule has 0 heterocycles. The second-order valence-electron chi connectivity index (χ2n) is 5.52. The molecule has 9 heteroatoms. The van der Waals surface area contributed by atoms with Crippen LogP contribution in [0.2, 0.25) is 0 Å². The predicted molar refractivity (Wildman–Crippen MR) is 96.8 cm³/mol. The van der Waals surface area contributed by atoms with Gasteiger partial charge in [0.2, 0.25) is 5.91 Å². The summed E-state index contributed by atoms with van der Waals surface area (Å²) in [6.45, 7) is 0. The number of hydrogen-bond acceptors (Lipinski definition) is 6. The summed E-state index contributed by atoms with van der Waals surface area (Å²) in [5.41, 5.74) is 0.296. The van der Waals surface area contributed by atoms with Crippen LogP contribution in [0.4, 0.5) is 11.4 Å². The zero-order valence-corrected chi connectivity index (χ0v) is 14.9. The lowest BCUT2D eigenvalue weighted by atomic mass is 10.2. The Bertz CT molecular complexity index is 897. The van der Waals surface area contributed by atoms with Crippen LogP contribution in [0, 0.1) is 10.1 Å². The minimum atomic E-state index is -3.47. The summed E-state index contributed by atoms with van der Waals surface area (Å²) in [7, 11) is -2.10. The van der Waals surface area contributed by atoms with E-state index in [0.29, 0.717) is 5.56 Å². The van der Waals surface area contributed by atoms with Gasteiger partial charge in [-0.2, -0.15) is 0 Å². The Kier molecular flexibility index (Phi) is 6.29. The fraction of sp³-hybridized carbons (Fsp3) is 0.235. The number of nitrogens with one attached hydrogen (secondary N) is 1. The van der Waals surface area contributed by atoms with Crippen molar-refractivity contribution in [1.82, 2.24) is 0 Å². The first-order chi connectivity index (χ1) is 12.3. The fourth-order valence-electron chi connectivity index (χ4n) is 2.26. The Morgan fingerprint density at radius 3 is 2.50 bits per heavy atom. The maximum atomic E-state index is 12.1. The van der Waals surface area contributed by atoms with E-state index in [-0.39, 0.29) is 35.1 Å². The zero-order chi connectivity index (χ0) is 19.2.